The third kappa shape index (κ3) is 3.55. The first-order valence-corrected chi connectivity index (χ1v) is 5.26. The molecule has 0 fully saturated rings. The average molecular weight is 223 g/mol. The lowest BCUT2D eigenvalue weighted by molar-refractivity contribution is 0.0998. The molecular formula is C12H17NO3. The van der Waals surface area contributed by atoms with Crippen LogP contribution in [0.5, 0.6) is 5.75 Å². The second kappa shape index (κ2) is 6.12. The number of benzene rings is 1. The zero-order valence-electron chi connectivity index (χ0n) is 9.66. The van der Waals surface area contributed by atoms with Crippen molar-refractivity contribution in [3.05, 3.63) is 29.3 Å². The molecule has 1 amide bonds. The van der Waals surface area contributed by atoms with Gasteiger partial charge in [-0.25, -0.2) is 0 Å². The van der Waals surface area contributed by atoms with Crippen molar-refractivity contribution in [1.29, 1.82) is 0 Å². The standard InChI is InChI=1S/C12H17NO3/c1-3-15-6-7-16-11-8-10(12(13)14)5-4-9(11)2/h4-5,8H,3,6-7H2,1-2H3,(H2,13,14). The van der Waals surface area contributed by atoms with Crippen LogP contribution in [0.3, 0.4) is 0 Å². The summed E-state index contributed by atoms with van der Waals surface area (Å²) in [5.74, 6) is 0.227. The third-order valence-corrected chi connectivity index (χ3v) is 2.16. The molecule has 4 nitrogen and oxygen atoms in total. The normalized spacial score (nSPS) is 10.1. The Kier molecular flexibility index (Phi) is 4.79. The zero-order chi connectivity index (χ0) is 12.0. The number of hydrogen-bond donors (Lipinski definition) is 1. The van der Waals surface area contributed by atoms with Crippen molar-refractivity contribution >= 4 is 5.91 Å². The molecule has 0 aliphatic rings. The van der Waals surface area contributed by atoms with Crippen LogP contribution < -0.4 is 10.5 Å². The number of carbonyl (C=O) groups is 1. The summed E-state index contributed by atoms with van der Waals surface area (Å²) in [4.78, 5) is 11.0. The lowest BCUT2D eigenvalue weighted by atomic mass is 10.1. The maximum Gasteiger partial charge on any atom is 0.248 e. The maximum absolute atomic E-state index is 11.0. The van der Waals surface area contributed by atoms with Crippen molar-refractivity contribution in [3.8, 4) is 5.75 Å². The molecule has 0 aliphatic heterocycles. The Bertz CT molecular complexity index is 363. The van der Waals surface area contributed by atoms with Gasteiger partial charge in [0.05, 0.1) is 6.61 Å². The van der Waals surface area contributed by atoms with Crippen molar-refractivity contribution in [2.24, 2.45) is 5.73 Å². The van der Waals surface area contributed by atoms with Crippen LogP contribution >= 0.6 is 0 Å². The van der Waals surface area contributed by atoms with Crippen molar-refractivity contribution in [2.75, 3.05) is 19.8 Å². The highest BCUT2D eigenvalue weighted by Gasteiger charge is 2.05. The highest BCUT2D eigenvalue weighted by Crippen LogP contribution is 2.19. The fourth-order valence-electron chi connectivity index (χ4n) is 1.26. The fraction of sp³-hybridized carbons (Fsp3) is 0.417. The van der Waals surface area contributed by atoms with E-state index in [1.807, 2.05) is 19.9 Å². The molecule has 2 N–H and O–H groups in total. The van der Waals surface area contributed by atoms with Crippen molar-refractivity contribution < 1.29 is 14.3 Å². The summed E-state index contributed by atoms with van der Waals surface area (Å²) in [7, 11) is 0. The molecule has 0 bridgehead atoms. The van der Waals surface area contributed by atoms with Gasteiger partial charge in [-0.2, -0.15) is 0 Å². The van der Waals surface area contributed by atoms with Gasteiger partial charge in [0.1, 0.15) is 12.4 Å². The molecule has 0 saturated carbocycles. The number of ether oxygens (including phenoxy) is 2. The molecule has 1 aromatic rings. The molecule has 0 radical (unpaired) electrons. The molecule has 0 saturated heterocycles. The number of rotatable bonds is 6. The number of primary amides is 1. The molecule has 0 atom stereocenters. The number of hydrogen-bond acceptors (Lipinski definition) is 3. The monoisotopic (exact) mass is 223 g/mol. The van der Waals surface area contributed by atoms with Gasteiger partial charge in [0.2, 0.25) is 5.91 Å². The molecule has 0 spiro atoms. The molecule has 4 heteroatoms. The summed E-state index contributed by atoms with van der Waals surface area (Å²) in [6, 6.07) is 5.16. The second-order valence-electron chi connectivity index (χ2n) is 3.39. The summed E-state index contributed by atoms with van der Waals surface area (Å²) < 4.78 is 10.7. The first-order valence-electron chi connectivity index (χ1n) is 5.26. The van der Waals surface area contributed by atoms with Gasteiger partial charge >= 0.3 is 0 Å². The number of nitrogens with two attached hydrogens (primary N) is 1. The van der Waals surface area contributed by atoms with E-state index in [2.05, 4.69) is 0 Å². The lowest BCUT2D eigenvalue weighted by Gasteiger charge is -2.09. The van der Waals surface area contributed by atoms with E-state index in [1.54, 1.807) is 12.1 Å². The molecule has 1 rings (SSSR count). The molecular weight excluding hydrogens is 206 g/mol. The van der Waals surface area contributed by atoms with Gasteiger partial charge in [0.25, 0.3) is 0 Å². The first kappa shape index (κ1) is 12.5. The Morgan fingerprint density at radius 3 is 2.75 bits per heavy atom. The van der Waals surface area contributed by atoms with E-state index >= 15 is 0 Å². The second-order valence-corrected chi connectivity index (χ2v) is 3.39. The first-order chi connectivity index (χ1) is 7.65. The van der Waals surface area contributed by atoms with E-state index in [-0.39, 0.29) is 0 Å². The fourth-order valence-corrected chi connectivity index (χ4v) is 1.26. The predicted molar refractivity (Wildman–Crippen MR) is 61.7 cm³/mol. The highest BCUT2D eigenvalue weighted by molar-refractivity contribution is 5.93. The van der Waals surface area contributed by atoms with Gasteiger partial charge in [-0.1, -0.05) is 6.07 Å². The molecule has 0 aromatic heterocycles. The summed E-state index contributed by atoms with van der Waals surface area (Å²) in [5, 5.41) is 0. The van der Waals surface area contributed by atoms with Crippen LogP contribution in [0.25, 0.3) is 0 Å². The van der Waals surface area contributed by atoms with Crippen LogP contribution in [-0.2, 0) is 4.74 Å². The van der Waals surface area contributed by atoms with E-state index in [1.165, 1.54) is 0 Å². The molecule has 0 unspecified atom stereocenters. The summed E-state index contributed by atoms with van der Waals surface area (Å²) in [6.45, 7) is 5.52. The highest BCUT2D eigenvalue weighted by atomic mass is 16.5. The Balaban J connectivity index is 2.63. The number of amides is 1. The molecule has 16 heavy (non-hydrogen) atoms. The van der Waals surface area contributed by atoms with Crippen molar-refractivity contribution in [3.63, 3.8) is 0 Å². The van der Waals surface area contributed by atoms with Crippen LogP contribution in [0.15, 0.2) is 18.2 Å². The van der Waals surface area contributed by atoms with Gasteiger partial charge in [-0.3, -0.25) is 4.79 Å². The minimum absolute atomic E-state index is 0.449. The molecule has 1 aromatic carbocycles. The van der Waals surface area contributed by atoms with Crippen LogP contribution in [-0.4, -0.2) is 25.7 Å². The Labute approximate surface area is 95.3 Å². The van der Waals surface area contributed by atoms with E-state index < -0.39 is 5.91 Å². The topological polar surface area (TPSA) is 61.6 Å². The Morgan fingerprint density at radius 1 is 1.38 bits per heavy atom. The van der Waals surface area contributed by atoms with Gasteiger partial charge in [-0.05, 0) is 31.5 Å². The van der Waals surface area contributed by atoms with Crippen LogP contribution in [0.1, 0.15) is 22.8 Å². The third-order valence-electron chi connectivity index (χ3n) is 2.16. The lowest BCUT2D eigenvalue weighted by Crippen LogP contribution is -2.12. The molecule has 88 valence electrons. The Morgan fingerprint density at radius 2 is 2.12 bits per heavy atom. The maximum atomic E-state index is 11.0. The zero-order valence-corrected chi connectivity index (χ0v) is 9.66. The summed E-state index contributed by atoms with van der Waals surface area (Å²) in [5.41, 5.74) is 6.62. The predicted octanol–water partition coefficient (Wildman–Crippen LogP) is 1.51. The van der Waals surface area contributed by atoms with Gasteiger partial charge in [0.15, 0.2) is 0 Å². The largest absolute Gasteiger partial charge is 0.491 e. The van der Waals surface area contributed by atoms with E-state index in [9.17, 15) is 4.79 Å². The Hall–Kier alpha value is -1.55. The van der Waals surface area contributed by atoms with Gasteiger partial charge in [0, 0.05) is 12.2 Å². The number of carbonyl (C=O) groups excluding carboxylic acids is 1. The van der Waals surface area contributed by atoms with E-state index in [4.69, 9.17) is 15.2 Å². The van der Waals surface area contributed by atoms with Gasteiger partial charge in [-0.15, -0.1) is 0 Å². The van der Waals surface area contributed by atoms with Crippen LogP contribution in [0.2, 0.25) is 0 Å². The summed E-state index contributed by atoms with van der Waals surface area (Å²) in [6.07, 6.45) is 0. The van der Waals surface area contributed by atoms with E-state index in [0.717, 1.165) is 5.56 Å². The van der Waals surface area contributed by atoms with Crippen LogP contribution in [0.4, 0.5) is 0 Å². The van der Waals surface area contributed by atoms with Gasteiger partial charge < -0.3 is 15.2 Å². The minimum Gasteiger partial charge on any atom is -0.491 e. The van der Waals surface area contributed by atoms with Crippen molar-refractivity contribution in [2.45, 2.75) is 13.8 Å². The number of aryl methyl sites for hydroxylation is 1. The SMILES string of the molecule is CCOCCOc1cc(C(N)=O)ccc1C. The minimum atomic E-state index is -0.449. The van der Waals surface area contributed by atoms with Crippen LogP contribution in [0, 0.1) is 6.92 Å². The van der Waals surface area contributed by atoms with Crippen molar-refractivity contribution in [1.82, 2.24) is 0 Å². The molecule has 0 aliphatic carbocycles. The summed E-state index contributed by atoms with van der Waals surface area (Å²) >= 11 is 0. The quantitative estimate of drug-likeness (QED) is 0.743. The molecule has 0 heterocycles. The smallest absolute Gasteiger partial charge is 0.248 e. The van der Waals surface area contributed by atoms with E-state index in [0.29, 0.717) is 31.1 Å². The average Bonchev–Trinajstić information content (AvgIpc) is 2.26.